The highest BCUT2D eigenvalue weighted by molar-refractivity contribution is 5.85. The van der Waals surface area contributed by atoms with Crippen LogP contribution in [0.3, 0.4) is 0 Å². The third-order valence-corrected chi connectivity index (χ3v) is 1.73. The van der Waals surface area contributed by atoms with Crippen LogP contribution in [0.25, 0.3) is 0 Å². The van der Waals surface area contributed by atoms with E-state index in [1.165, 1.54) is 0 Å². The maximum atomic E-state index is 10.1. The zero-order valence-corrected chi connectivity index (χ0v) is 7.11. The van der Waals surface area contributed by atoms with E-state index < -0.39 is 24.4 Å². The zero-order valence-electron chi connectivity index (χ0n) is 6.29. The summed E-state index contributed by atoms with van der Waals surface area (Å²) in [5, 5.41) is 18.1. The molecule has 0 aromatic rings. The fourth-order valence-corrected chi connectivity index (χ4v) is 1.04. The van der Waals surface area contributed by atoms with Gasteiger partial charge in [0.25, 0.3) is 0 Å². The highest BCUT2D eigenvalue weighted by Gasteiger charge is 2.38. The molecule has 1 heterocycles. The lowest BCUT2D eigenvalue weighted by Gasteiger charge is -2.16. The van der Waals surface area contributed by atoms with Gasteiger partial charge in [-0.1, -0.05) is 0 Å². The number of ether oxygens (including phenoxy) is 1. The van der Waals surface area contributed by atoms with Gasteiger partial charge in [0.2, 0.25) is 0 Å². The van der Waals surface area contributed by atoms with Gasteiger partial charge in [-0.15, -0.1) is 12.4 Å². The summed E-state index contributed by atoms with van der Waals surface area (Å²) in [4.78, 5) is 10.1. The van der Waals surface area contributed by atoms with Crippen molar-refractivity contribution in [3.8, 4) is 0 Å². The lowest BCUT2D eigenvalue weighted by molar-refractivity contribution is -0.112. The molecule has 72 valence electrons. The van der Waals surface area contributed by atoms with Crippen molar-refractivity contribution in [1.29, 1.82) is 0 Å². The quantitative estimate of drug-likeness (QED) is 0.448. The molecule has 1 fully saturated rings. The average Bonchev–Trinajstić information content (AvgIpc) is 2.32. The van der Waals surface area contributed by atoms with Crippen molar-refractivity contribution in [2.24, 2.45) is 5.73 Å². The monoisotopic (exact) mass is 197 g/mol. The molecule has 0 aromatic heterocycles. The molecular formula is C6H12ClNO4. The van der Waals surface area contributed by atoms with Crippen LogP contribution in [0.2, 0.25) is 0 Å². The third-order valence-electron chi connectivity index (χ3n) is 1.73. The van der Waals surface area contributed by atoms with Crippen LogP contribution in [0.4, 0.5) is 0 Å². The van der Waals surface area contributed by atoms with Gasteiger partial charge < -0.3 is 25.5 Å². The molecule has 0 amide bonds. The summed E-state index contributed by atoms with van der Waals surface area (Å²) in [6.45, 7) is 0.0351. The standard InChI is InChI=1S/C6H11NO4.ClH/c7-3(1-8)6-5(10)4(9)2-11-6;/h1,3-6,9-10H,2,7H2;1H/t3-,4-,5-,6-;/m1./s1. The van der Waals surface area contributed by atoms with Gasteiger partial charge >= 0.3 is 0 Å². The number of aliphatic hydroxyl groups is 2. The molecule has 0 bridgehead atoms. The van der Waals surface area contributed by atoms with E-state index in [4.69, 9.17) is 20.7 Å². The van der Waals surface area contributed by atoms with Gasteiger partial charge in [-0.05, 0) is 0 Å². The number of rotatable bonds is 2. The predicted octanol–water partition coefficient (Wildman–Crippen LogP) is -1.94. The van der Waals surface area contributed by atoms with E-state index in [2.05, 4.69) is 0 Å². The summed E-state index contributed by atoms with van der Waals surface area (Å²) < 4.78 is 4.87. The molecule has 1 aliphatic rings. The minimum atomic E-state index is -1.05. The molecule has 5 nitrogen and oxygen atoms in total. The molecule has 0 radical (unpaired) electrons. The third kappa shape index (κ3) is 2.15. The number of nitrogens with two attached hydrogens (primary N) is 1. The molecule has 4 N–H and O–H groups in total. The van der Waals surface area contributed by atoms with Gasteiger partial charge in [-0.2, -0.15) is 0 Å². The molecule has 1 saturated heterocycles. The van der Waals surface area contributed by atoms with E-state index >= 15 is 0 Å². The van der Waals surface area contributed by atoms with E-state index in [1.54, 1.807) is 0 Å². The van der Waals surface area contributed by atoms with Crippen LogP contribution < -0.4 is 5.73 Å². The molecule has 0 saturated carbocycles. The predicted molar refractivity (Wildman–Crippen MR) is 43.0 cm³/mol. The Morgan fingerprint density at radius 3 is 2.50 bits per heavy atom. The molecule has 1 rings (SSSR count). The number of halogens is 1. The molecule has 0 aliphatic carbocycles. The second-order valence-corrected chi connectivity index (χ2v) is 2.57. The highest BCUT2D eigenvalue weighted by Crippen LogP contribution is 2.15. The molecule has 0 unspecified atom stereocenters. The molecule has 0 spiro atoms. The summed E-state index contributed by atoms with van der Waals surface area (Å²) in [7, 11) is 0. The fourth-order valence-electron chi connectivity index (χ4n) is 1.04. The number of carbonyl (C=O) groups is 1. The van der Waals surface area contributed by atoms with E-state index in [1.807, 2.05) is 0 Å². The number of carbonyl (C=O) groups excluding carboxylic acids is 1. The number of hydrogen-bond donors (Lipinski definition) is 3. The molecule has 1 aliphatic heterocycles. The molecule has 12 heavy (non-hydrogen) atoms. The molecular weight excluding hydrogens is 186 g/mol. The fraction of sp³-hybridized carbons (Fsp3) is 0.833. The Bertz CT molecular complexity index is 156. The summed E-state index contributed by atoms with van der Waals surface area (Å²) in [6, 6.07) is -0.859. The van der Waals surface area contributed by atoms with Gasteiger partial charge in [0.1, 0.15) is 24.6 Å². The summed E-state index contributed by atoms with van der Waals surface area (Å²) in [6.07, 6.45) is -2.24. The smallest absolute Gasteiger partial charge is 0.139 e. The van der Waals surface area contributed by atoms with Crippen LogP contribution in [0.15, 0.2) is 0 Å². The Hall–Kier alpha value is -0.200. The van der Waals surface area contributed by atoms with Crippen molar-refractivity contribution in [3.05, 3.63) is 0 Å². The van der Waals surface area contributed by atoms with Gasteiger partial charge in [0.15, 0.2) is 0 Å². The average molecular weight is 198 g/mol. The first-order valence-electron chi connectivity index (χ1n) is 3.35. The summed E-state index contributed by atoms with van der Waals surface area (Å²) in [5.74, 6) is 0. The van der Waals surface area contributed by atoms with Crippen LogP contribution in [0.1, 0.15) is 0 Å². The lowest BCUT2D eigenvalue weighted by Crippen LogP contribution is -2.44. The van der Waals surface area contributed by atoms with E-state index in [9.17, 15) is 4.79 Å². The van der Waals surface area contributed by atoms with Gasteiger partial charge in [0.05, 0.1) is 12.6 Å². The Labute approximate surface area is 75.9 Å². The van der Waals surface area contributed by atoms with Crippen LogP contribution in [-0.4, -0.2) is 47.5 Å². The van der Waals surface area contributed by atoms with Crippen LogP contribution in [0.5, 0.6) is 0 Å². The zero-order chi connectivity index (χ0) is 8.43. The van der Waals surface area contributed by atoms with Gasteiger partial charge in [-0.25, -0.2) is 0 Å². The van der Waals surface area contributed by atoms with Crippen molar-refractivity contribution >= 4 is 18.7 Å². The lowest BCUT2D eigenvalue weighted by atomic mass is 10.1. The second-order valence-electron chi connectivity index (χ2n) is 2.57. The Morgan fingerprint density at radius 2 is 2.17 bits per heavy atom. The first kappa shape index (κ1) is 11.8. The molecule has 4 atom stereocenters. The number of aliphatic hydroxyl groups excluding tert-OH is 2. The highest BCUT2D eigenvalue weighted by atomic mass is 35.5. The summed E-state index contributed by atoms with van der Waals surface area (Å²) in [5.41, 5.74) is 5.27. The van der Waals surface area contributed by atoms with E-state index in [-0.39, 0.29) is 19.0 Å². The Balaban J connectivity index is 0.00000121. The van der Waals surface area contributed by atoms with Gasteiger partial charge in [-0.3, -0.25) is 0 Å². The topological polar surface area (TPSA) is 92.8 Å². The molecule has 6 heteroatoms. The van der Waals surface area contributed by atoms with Crippen molar-refractivity contribution in [3.63, 3.8) is 0 Å². The first-order valence-corrected chi connectivity index (χ1v) is 3.35. The minimum Gasteiger partial charge on any atom is -0.388 e. The number of aldehydes is 1. The van der Waals surface area contributed by atoms with Crippen LogP contribution in [0, 0.1) is 0 Å². The van der Waals surface area contributed by atoms with Crippen LogP contribution in [-0.2, 0) is 9.53 Å². The normalized spacial score (nSPS) is 37.1. The maximum absolute atomic E-state index is 10.1. The largest absolute Gasteiger partial charge is 0.388 e. The molecule has 0 aromatic carbocycles. The van der Waals surface area contributed by atoms with Gasteiger partial charge in [0, 0.05) is 0 Å². The maximum Gasteiger partial charge on any atom is 0.139 e. The second kappa shape index (κ2) is 4.74. The first-order chi connectivity index (χ1) is 5.16. The Morgan fingerprint density at radius 1 is 1.58 bits per heavy atom. The minimum absolute atomic E-state index is 0. The van der Waals surface area contributed by atoms with Crippen LogP contribution >= 0.6 is 12.4 Å². The summed E-state index contributed by atoms with van der Waals surface area (Å²) >= 11 is 0. The van der Waals surface area contributed by atoms with E-state index in [0.717, 1.165) is 0 Å². The Kier molecular flexibility index (Phi) is 4.66. The SMILES string of the molecule is Cl.N[C@H](C=O)[C@H]1OC[C@@H](O)[C@H]1O. The van der Waals surface area contributed by atoms with Crippen molar-refractivity contribution in [2.45, 2.75) is 24.4 Å². The van der Waals surface area contributed by atoms with Crippen molar-refractivity contribution in [2.75, 3.05) is 6.61 Å². The van der Waals surface area contributed by atoms with E-state index in [0.29, 0.717) is 6.29 Å². The van der Waals surface area contributed by atoms with Crippen molar-refractivity contribution < 1.29 is 19.7 Å². The number of hydrogen-bond acceptors (Lipinski definition) is 5. The van der Waals surface area contributed by atoms with Crippen molar-refractivity contribution in [1.82, 2.24) is 0 Å².